The number of fused-ring (bicyclic) bond motifs is 3. The summed E-state index contributed by atoms with van der Waals surface area (Å²) < 4.78 is 17.6. The summed E-state index contributed by atoms with van der Waals surface area (Å²) in [7, 11) is 1.44. The van der Waals surface area contributed by atoms with Gasteiger partial charge in [0.25, 0.3) is 0 Å². The van der Waals surface area contributed by atoms with Crippen molar-refractivity contribution in [1.29, 1.82) is 0 Å². The van der Waals surface area contributed by atoms with Crippen LogP contribution in [0.15, 0.2) is 23.8 Å². The first-order valence-corrected chi connectivity index (χ1v) is 16.8. The number of esters is 1. The molecule has 3 unspecified atom stereocenters. The Morgan fingerprint density at radius 3 is 2.34 bits per heavy atom. The van der Waals surface area contributed by atoms with Crippen LogP contribution < -0.4 is 0 Å². The fourth-order valence-electron chi connectivity index (χ4n) is 10.5. The Labute approximate surface area is 265 Å². The maximum absolute atomic E-state index is 12.5. The zero-order valence-electron chi connectivity index (χ0n) is 28.5. The van der Waals surface area contributed by atoms with Gasteiger partial charge in [0.15, 0.2) is 6.29 Å². The van der Waals surface area contributed by atoms with Crippen LogP contribution in [0.3, 0.4) is 0 Å². The van der Waals surface area contributed by atoms with Crippen molar-refractivity contribution in [2.75, 3.05) is 13.7 Å². The van der Waals surface area contributed by atoms with Crippen molar-refractivity contribution in [1.82, 2.24) is 0 Å². The van der Waals surface area contributed by atoms with E-state index in [2.05, 4.69) is 54.2 Å². The minimum Gasteiger partial charge on any atom is -0.469 e. The van der Waals surface area contributed by atoms with Crippen LogP contribution in [0, 0.1) is 39.9 Å². The number of hydrogen-bond acceptors (Lipinski definition) is 8. The molecule has 3 saturated carbocycles. The normalized spacial score (nSPS) is 45.0. The van der Waals surface area contributed by atoms with E-state index >= 15 is 0 Å². The van der Waals surface area contributed by atoms with Gasteiger partial charge in [0.05, 0.1) is 25.4 Å². The highest BCUT2D eigenvalue weighted by atomic mass is 16.7. The first-order valence-electron chi connectivity index (χ1n) is 16.8. The zero-order chi connectivity index (χ0) is 32.8. The van der Waals surface area contributed by atoms with Crippen LogP contribution in [0.25, 0.3) is 0 Å². The molecule has 4 rings (SSSR count). The van der Waals surface area contributed by atoms with Gasteiger partial charge in [-0.1, -0.05) is 44.6 Å². The predicted molar refractivity (Wildman–Crippen MR) is 169 cm³/mol. The van der Waals surface area contributed by atoms with Gasteiger partial charge in [-0.3, -0.25) is 4.79 Å². The maximum Gasteiger partial charge on any atom is 0.305 e. The second-order valence-electron chi connectivity index (χ2n) is 15.9. The topological polar surface area (TPSA) is 126 Å². The highest BCUT2D eigenvalue weighted by Crippen LogP contribution is 2.74. The molecule has 0 aromatic heterocycles. The highest BCUT2D eigenvalue weighted by Gasteiger charge is 2.70. The summed E-state index contributed by atoms with van der Waals surface area (Å²) >= 11 is 0. The molecule has 4 fully saturated rings. The molecule has 3 aliphatic carbocycles. The van der Waals surface area contributed by atoms with E-state index in [0.29, 0.717) is 25.7 Å². The Morgan fingerprint density at radius 1 is 1.07 bits per heavy atom. The van der Waals surface area contributed by atoms with Crippen molar-refractivity contribution in [3.8, 4) is 0 Å². The fraction of sp³-hybridized carbons (Fsp3) is 0.861. The van der Waals surface area contributed by atoms with Crippen LogP contribution >= 0.6 is 0 Å². The first kappa shape index (κ1) is 35.6. The van der Waals surface area contributed by atoms with Crippen molar-refractivity contribution in [2.24, 2.45) is 39.9 Å². The average Bonchev–Trinajstić information content (AvgIpc) is 3.33. The summed E-state index contributed by atoms with van der Waals surface area (Å²) in [5, 5.41) is 43.7. The molecule has 4 N–H and O–H groups in total. The van der Waals surface area contributed by atoms with E-state index in [1.807, 2.05) is 6.92 Å². The molecule has 4 aliphatic rings. The molecule has 0 bridgehead atoms. The lowest BCUT2D eigenvalue weighted by Gasteiger charge is -2.68. The smallest absolute Gasteiger partial charge is 0.305 e. The van der Waals surface area contributed by atoms with Crippen LogP contribution in [0.2, 0.25) is 0 Å². The summed E-state index contributed by atoms with van der Waals surface area (Å²) in [6.45, 7) is 19.6. The molecule has 0 radical (unpaired) electrons. The van der Waals surface area contributed by atoms with Gasteiger partial charge in [-0.25, -0.2) is 0 Å². The van der Waals surface area contributed by atoms with E-state index in [1.54, 1.807) is 0 Å². The van der Waals surface area contributed by atoms with Gasteiger partial charge in [0, 0.05) is 6.42 Å². The molecule has 1 saturated heterocycles. The van der Waals surface area contributed by atoms with Gasteiger partial charge in [-0.2, -0.15) is 0 Å². The monoisotopic (exact) mass is 620 g/mol. The van der Waals surface area contributed by atoms with Gasteiger partial charge >= 0.3 is 5.97 Å². The number of aliphatic hydroxyl groups is 4. The molecule has 0 aromatic rings. The molecule has 0 amide bonds. The van der Waals surface area contributed by atoms with Gasteiger partial charge in [-0.15, -0.1) is 0 Å². The van der Waals surface area contributed by atoms with E-state index in [0.717, 1.165) is 37.7 Å². The van der Waals surface area contributed by atoms with Crippen molar-refractivity contribution >= 4 is 5.97 Å². The molecule has 8 nitrogen and oxygen atoms in total. The summed E-state index contributed by atoms with van der Waals surface area (Å²) in [4.78, 5) is 12.5. The predicted octanol–water partition coefficient (Wildman–Crippen LogP) is 5.31. The van der Waals surface area contributed by atoms with E-state index in [4.69, 9.17) is 14.2 Å². The third-order valence-corrected chi connectivity index (χ3v) is 13.1. The molecular weight excluding hydrogens is 560 g/mol. The van der Waals surface area contributed by atoms with E-state index in [9.17, 15) is 25.2 Å². The molecule has 1 heterocycles. The Kier molecular flexibility index (Phi) is 10.6. The largest absolute Gasteiger partial charge is 0.469 e. The van der Waals surface area contributed by atoms with Crippen molar-refractivity contribution in [2.45, 2.75) is 143 Å². The Bertz CT molecular complexity index is 1080. The summed E-state index contributed by atoms with van der Waals surface area (Å²) in [5.41, 5.74) is 0.879. The lowest BCUT2D eigenvalue weighted by Crippen LogP contribution is -2.65. The minimum atomic E-state index is -1.39. The second kappa shape index (κ2) is 13.1. The molecule has 1 aliphatic heterocycles. The third-order valence-electron chi connectivity index (χ3n) is 13.1. The zero-order valence-corrected chi connectivity index (χ0v) is 28.5. The second-order valence-corrected chi connectivity index (χ2v) is 15.9. The fourth-order valence-corrected chi connectivity index (χ4v) is 10.5. The lowest BCUT2D eigenvalue weighted by molar-refractivity contribution is -0.312. The number of carbonyl (C=O) groups excluding carboxylic acids is 1. The van der Waals surface area contributed by atoms with E-state index in [-0.39, 0.29) is 58.6 Å². The van der Waals surface area contributed by atoms with E-state index < -0.39 is 30.2 Å². The van der Waals surface area contributed by atoms with Gasteiger partial charge in [0.1, 0.15) is 18.3 Å². The Morgan fingerprint density at radius 2 is 1.73 bits per heavy atom. The SMILES string of the molecule is C=C(C)C1CC[C@]2(C)[C@H](C[C@@H](O[C@@H]3OC[C@@H](O)[C@H](O)[C@H]3O)C3C([C@@](C)(O)CCC=C(C)C)CC[C@]32C)[C@@]1(C)CCC(=O)OC. The van der Waals surface area contributed by atoms with Gasteiger partial charge in [0.2, 0.25) is 0 Å². The van der Waals surface area contributed by atoms with Crippen LogP contribution in [0.4, 0.5) is 0 Å². The molecule has 252 valence electrons. The van der Waals surface area contributed by atoms with E-state index in [1.165, 1.54) is 12.7 Å². The third kappa shape index (κ3) is 6.21. The number of rotatable bonds is 10. The van der Waals surface area contributed by atoms with Crippen molar-refractivity contribution < 1.29 is 39.4 Å². The van der Waals surface area contributed by atoms with Crippen LogP contribution in [0.5, 0.6) is 0 Å². The molecule has 0 spiro atoms. The summed E-state index contributed by atoms with van der Waals surface area (Å²) in [6.07, 6.45) is 3.68. The lowest BCUT2D eigenvalue weighted by atomic mass is 9.37. The molecule has 8 heteroatoms. The van der Waals surface area contributed by atoms with Crippen molar-refractivity contribution in [3.63, 3.8) is 0 Å². The van der Waals surface area contributed by atoms with Crippen LogP contribution in [0.1, 0.15) is 106 Å². The minimum absolute atomic E-state index is 0.0171. The standard InChI is InChI=1S/C36H60O8/c1-21(2)11-10-15-36(8,41)24-13-18-35(7)29(24)26(44-32-31(40)30(39)25(37)20-43-32)19-27-33(5,16-14-28(38)42-9)23(22(3)4)12-17-34(27,35)6/h11,23-27,29-32,37,39-41H,3,10,12-20H2,1-2,4-9H3/t23?,24?,25-,26-,27-,29?,30+,31-,32+,33+,34-,35-,36+/m1/s1. The first-order chi connectivity index (χ1) is 20.4. The Balaban J connectivity index is 1.78. The molecule has 0 aromatic carbocycles. The molecule has 13 atom stereocenters. The quantitative estimate of drug-likeness (QED) is 0.147. The highest BCUT2D eigenvalue weighted by molar-refractivity contribution is 5.69. The Hall–Kier alpha value is -1.29. The molecule has 44 heavy (non-hydrogen) atoms. The summed E-state index contributed by atoms with van der Waals surface area (Å²) in [5.74, 6) is 0.121. The average molecular weight is 621 g/mol. The maximum atomic E-state index is 12.5. The number of ether oxygens (including phenoxy) is 3. The number of aliphatic hydroxyl groups excluding tert-OH is 3. The van der Waals surface area contributed by atoms with Crippen molar-refractivity contribution in [3.05, 3.63) is 23.8 Å². The number of carbonyl (C=O) groups is 1. The van der Waals surface area contributed by atoms with Gasteiger partial charge < -0.3 is 34.6 Å². The van der Waals surface area contributed by atoms with Gasteiger partial charge in [-0.05, 0) is 119 Å². The molecular formula is C36H60O8. The summed E-state index contributed by atoms with van der Waals surface area (Å²) in [6, 6.07) is 0. The number of allylic oxidation sites excluding steroid dienone is 3. The number of methoxy groups -OCH3 is 1. The van der Waals surface area contributed by atoms with Crippen LogP contribution in [-0.2, 0) is 19.0 Å². The van der Waals surface area contributed by atoms with Crippen LogP contribution in [-0.4, -0.2) is 76.4 Å². The number of hydrogen-bond donors (Lipinski definition) is 4.